The first-order chi connectivity index (χ1) is 14.9. The van der Waals surface area contributed by atoms with Crippen molar-refractivity contribution in [3.05, 3.63) is 17.5 Å². The van der Waals surface area contributed by atoms with Crippen molar-refractivity contribution in [2.24, 2.45) is 45.4 Å². The molecule has 0 aromatic carbocycles. The van der Waals surface area contributed by atoms with Gasteiger partial charge in [0.2, 0.25) is 0 Å². The molecule has 0 bridgehead atoms. The van der Waals surface area contributed by atoms with Crippen LogP contribution in [0.5, 0.6) is 0 Å². The third-order valence-corrected chi connectivity index (χ3v) is 9.90. The van der Waals surface area contributed by atoms with Crippen LogP contribution in [-0.4, -0.2) is 28.7 Å². The smallest absolute Gasteiger partial charge is 0.150 e. The van der Waals surface area contributed by atoms with Crippen molar-refractivity contribution < 1.29 is 14.5 Å². The average Bonchev–Trinajstić information content (AvgIpc) is 3.35. The zero-order valence-electron chi connectivity index (χ0n) is 19.2. The van der Waals surface area contributed by atoms with Crippen LogP contribution in [0.25, 0.3) is 0 Å². The highest BCUT2D eigenvalue weighted by molar-refractivity contribution is 5.85. The predicted octanol–water partition coefficient (Wildman–Crippen LogP) is 4.45. The Bertz CT molecular complexity index is 823. The van der Waals surface area contributed by atoms with Gasteiger partial charge >= 0.3 is 0 Å². The molecule has 5 rings (SSSR count). The zero-order valence-corrected chi connectivity index (χ0v) is 19.2. The number of hydrogen-bond donors (Lipinski definition) is 2. The van der Waals surface area contributed by atoms with Gasteiger partial charge in [-0.05, 0) is 92.3 Å². The molecule has 3 N–H and O–H groups in total. The van der Waals surface area contributed by atoms with Crippen molar-refractivity contribution in [2.75, 3.05) is 6.61 Å². The van der Waals surface area contributed by atoms with Gasteiger partial charge in [-0.15, -0.1) is 0 Å². The largest absolute Gasteiger partial charge is 0.395 e. The zero-order chi connectivity index (χ0) is 21.6. The second-order valence-electron chi connectivity index (χ2n) is 11.2. The topological polar surface area (TPSA) is 93.9 Å². The number of aliphatic hydroxyl groups excluding tert-OH is 1. The van der Waals surface area contributed by atoms with Crippen molar-refractivity contribution in [3.8, 4) is 0 Å². The first-order valence-corrected chi connectivity index (χ1v) is 12.4. The van der Waals surface area contributed by atoms with Gasteiger partial charge in [0.05, 0.1) is 24.1 Å². The third-order valence-electron chi connectivity index (χ3n) is 9.90. The van der Waals surface area contributed by atoms with Crippen molar-refractivity contribution in [2.45, 2.75) is 90.7 Å². The average molecular weight is 430 g/mol. The van der Waals surface area contributed by atoms with Gasteiger partial charge in [0.1, 0.15) is 6.61 Å². The molecule has 6 heteroatoms. The van der Waals surface area contributed by atoms with E-state index in [2.05, 4.69) is 24.2 Å². The van der Waals surface area contributed by atoms with Gasteiger partial charge in [0, 0.05) is 12.5 Å². The number of oxime groups is 1. The lowest BCUT2D eigenvalue weighted by atomic mass is 9.45. The fourth-order valence-electron chi connectivity index (χ4n) is 7.97. The molecule has 4 unspecified atom stereocenters. The van der Waals surface area contributed by atoms with Gasteiger partial charge in [0.15, 0.2) is 5.76 Å². The molecule has 4 fully saturated rings. The molecule has 4 aliphatic rings. The maximum absolute atomic E-state index is 10.7. The van der Waals surface area contributed by atoms with Crippen LogP contribution in [-0.2, 0) is 17.8 Å². The molecule has 7 atom stereocenters. The van der Waals surface area contributed by atoms with Crippen molar-refractivity contribution in [3.63, 3.8) is 0 Å². The Kier molecular flexibility index (Phi) is 5.66. The summed E-state index contributed by atoms with van der Waals surface area (Å²) in [6.45, 7) is 5.84. The molecule has 0 spiro atoms. The molecule has 0 amide bonds. The van der Waals surface area contributed by atoms with Crippen molar-refractivity contribution in [1.82, 2.24) is 5.16 Å². The molecule has 172 valence electrons. The number of hydrogen-bond acceptors (Lipinski definition) is 6. The van der Waals surface area contributed by atoms with E-state index < -0.39 is 0 Å². The molecule has 0 radical (unpaired) electrons. The summed E-state index contributed by atoms with van der Waals surface area (Å²) in [5.41, 5.74) is 8.27. The van der Waals surface area contributed by atoms with E-state index in [9.17, 15) is 5.11 Å². The number of nitrogens with zero attached hydrogens (tertiary/aromatic N) is 2. The quantitative estimate of drug-likeness (QED) is 0.533. The molecule has 1 aromatic rings. The second-order valence-corrected chi connectivity index (χ2v) is 11.2. The normalized spacial score (nSPS) is 43.4. The molecule has 0 saturated heterocycles. The van der Waals surface area contributed by atoms with Crippen molar-refractivity contribution in [1.29, 1.82) is 0 Å². The highest BCUT2D eigenvalue weighted by Crippen LogP contribution is 2.65. The number of rotatable bonds is 5. The maximum atomic E-state index is 10.7. The molecule has 6 nitrogen and oxygen atoms in total. The van der Waals surface area contributed by atoms with Gasteiger partial charge in [-0.1, -0.05) is 24.2 Å². The van der Waals surface area contributed by atoms with E-state index in [1.807, 2.05) is 6.07 Å². The summed E-state index contributed by atoms with van der Waals surface area (Å²) in [7, 11) is 0. The first-order valence-electron chi connectivity index (χ1n) is 12.4. The summed E-state index contributed by atoms with van der Waals surface area (Å²) < 4.78 is 5.13. The van der Waals surface area contributed by atoms with Gasteiger partial charge in [-0.3, -0.25) is 0 Å². The van der Waals surface area contributed by atoms with Gasteiger partial charge in [-0.2, -0.15) is 0 Å². The van der Waals surface area contributed by atoms with Gasteiger partial charge in [-0.25, -0.2) is 0 Å². The maximum Gasteiger partial charge on any atom is 0.150 e. The van der Waals surface area contributed by atoms with Crippen LogP contribution in [0, 0.1) is 34.5 Å². The van der Waals surface area contributed by atoms with Crippen LogP contribution in [0.4, 0.5) is 0 Å². The summed E-state index contributed by atoms with van der Waals surface area (Å²) in [4.78, 5) is 5.67. The van der Waals surface area contributed by atoms with E-state index in [1.54, 1.807) is 0 Å². The lowest BCUT2D eigenvalue weighted by molar-refractivity contribution is -0.112. The Morgan fingerprint density at radius 3 is 2.81 bits per heavy atom. The van der Waals surface area contributed by atoms with Crippen LogP contribution >= 0.6 is 0 Å². The fraction of sp³-hybridized carbons (Fsp3) is 0.840. The summed E-state index contributed by atoms with van der Waals surface area (Å²) in [6, 6.07) is 1.89. The molecule has 31 heavy (non-hydrogen) atoms. The van der Waals surface area contributed by atoms with Crippen LogP contribution in [0.1, 0.15) is 83.1 Å². The summed E-state index contributed by atoms with van der Waals surface area (Å²) >= 11 is 0. The Morgan fingerprint density at radius 1 is 1.16 bits per heavy atom. The molecule has 4 aliphatic carbocycles. The fourth-order valence-corrected chi connectivity index (χ4v) is 7.97. The minimum absolute atomic E-state index is 0.0784. The lowest BCUT2D eigenvalue weighted by Gasteiger charge is -2.60. The summed E-state index contributed by atoms with van der Waals surface area (Å²) in [6.07, 6.45) is 11.4. The van der Waals surface area contributed by atoms with Gasteiger partial charge < -0.3 is 20.2 Å². The van der Waals surface area contributed by atoms with Crippen LogP contribution in [0.3, 0.4) is 0 Å². The lowest BCUT2D eigenvalue weighted by Crippen LogP contribution is -2.54. The Hall–Kier alpha value is -1.40. The molecule has 1 heterocycles. The van der Waals surface area contributed by atoms with Crippen LogP contribution < -0.4 is 5.73 Å². The standard InChI is InChI=1S/C25H39N3O3/c1-24-10-7-17(27-30-12-9-18-14-19(15-26)31-28-18)13-16(24)3-4-20-21-5-6-23(29)25(21,2)11-8-22(20)24/h14,16,20-23,29H,3-13,15,26H2,1-2H3/b27-17-/t16?,20?,21?,22?,23-,24-,25-/m0/s1. The summed E-state index contributed by atoms with van der Waals surface area (Å²) in [5, 5.41) is 19.2. The van der Waals surface area contributed by atoms with Crippen molar-refractivity contribution >= 4 is 5.71 Å². The Labute approximate surface area is 185 Å². The molecule has 0 aliphatic heterocycles. The minimum atomic E-state index is -0.0784. The monoisotopic (exact) mass is 429 g/mol. The predicted molar refractivity (Wildman–Crippen MR) is 119 cm³/mol. The van der Waals surface area contributed by atoms with Crippen LogP contribution in [0.15, 0.2) is 15.7 Å². The second kappa shape index (κ2) is 8.18. The molecular formula is C25H39N3O3. The Morgan fingerprint density at radius 2 is 2.00 bits per heavy atom. The molecule has 4 saturated carbocycles. The summed E-state index contributed by atoms with van der Waals surface area (Å²) in [5.74, 6) is 3.80. The number of aromatic nitrogens is 1. The molecule has 1 aromatic heterocycles. The van der Waals surface area contributed by atoms with E-state index in [4.69, 9.17) is 15.1 Å². The minimum Gasteiger partial charge on any atom is -0.395 e. The highest BCUT2D eigenvalue weighted by atomic mass is 16.6. The van der Waals surface area contributed by atoms with E-state index in [1.165, 1.54) is 44.2 Å². The molecular weight excluding hydrogens is 390 g/mol. The van der Waals surface area contributed by atoms with Crippen LogP contribution in [0.2, 0.25) is 0 Å². The highest BCUT2D eigenvalue weighted by Gasteiger charge is 2.59. The van der Waals surface area contributed by atoms with E-state index in [0.717, 1.165) is 48.6 Å². The van der Waals surface area contributed by atoms with E-state index >= 15 is 0 Å². The number of aliphatic hydroxyl groups is 1. The van der Waals surface area contributed by atoms with E-state index in [0.29, 0.717) is 30.7 Å². The SMILES string of the molecule is C[C@]12CC/C(=N/OCCc3cc(CN)on3)CC1CCC1C2CC[C@@]2(C)C1CC[C@@H]2O. The first kappa shape index (κ1) is 21.4. The van der Waals surface area contributed by atoms with Gasteiger partial charge in [0.25, 0.3) is 0 Å². The Balaban J connectivity index is 1.19. The third kappa shape index (κ3) is 3.64. The number of nitrogens with two attached hydrogens (primary N) is 1. The van der Waals surface area contributed by atoms with E-state index in [-0.39, 0.29) is 11.5 Å². The number of fused-ring (bicyclic) bond motifs is 5.